The number of nitrogens with zero attached hydrogens (tertiary/aromatic N) is 3. The molecule has 2 heterocycles. The molecule has 1 amide bonds. The van der Waals surface area contributed by atoms with E-state index in [9.17, 15) is 14.9 Å². The van der Waals surface area contributed by atoms with Crippen LogP contribution in [-0.4, -0.2) is 20.8 Å². The normalized spacial score (nSPS) is 10.7. The summed E-state index contributed by atoms with van der Waals surface area (Å²) in [6.45, 7) is 3.61. The zero-order valence-electron chi connectivity index (χ0n) is 12.4. The molecular weight excluding hydrogens is 300 g/mol. The first kappa shape index (κ1) is 14.6. The van der Waals surface area contributed by atoms with E-state index in [1.807, 2.05) is 6.92 Å². The lowest BCUT2D eigenvalue weighted by Gasteiger charge is -2.06. The predicted octanol–water partition coefficient (Wildman–Crippen LogP) is 3.00. The Balaban J connectivity index is 2.03. The molecule has 8 nitrogen and oxygen atoms in total. The van der Waals surface area contributed by atoms with Crippen molar-refractivity contribution < 1.29 is 14.1 Å². The molecule has 0 fully saturated rings. The Hall–Kier alpha value is -3.29. The van der Waals surface area contributed by atoms with Crippen LogP contribution in [0.15, 0.2) is 35.0 Å². The minimum Gasteiger partial charge on any atom is -0.443 e. The maximum absolute atomic E-state index is 12.4. The van der Waals surface area contributed by atoms with Gasteiger partial charge in [0.05, 0.1) is 10.3 Å². The summed E-state index contributed by atoms with van der Waals surface area (Å²) in [5, 5.41) is 14.2. The molecule has 23 heavy (non-hydrogen) atoms. The summed E-state index contributed by atoms with van der Waals surface area (Å²) in [7, 11) is 0. The van der Waals surface area contributed by atoms with Crippen LogP contribution in [0.2, 0.25) is 0 Å². The Morgan fingerprint density at radius 1 is 1.26 bits per heavy atom. The van der Waals surface area contributed by atoms with Crippen LogP contribution < -0.4 is 5.32 Å². The fourth-order valence-corrected chi connectivity index (χ4v) is 2.28. The van der Waals surface area contributed by atoms with Gasteiger partial charge >= 0.3 is 0 Å². The van der Waals surface area contributed by atoms with E-state index < -0.39 is 10.8 Å². The van der Waals surface area contributed by atoms with Gasteiger partial charge in [0.2, 0.25) is 5.71 Å². The number of furan rings is 1. The molecule has 1 N–H and O–H groups in total. The molecule has 0 aliphatic heterocycles. The van der Waals surface area contributed by atoms with Crippen LogP contribution in [0.25, 0.3) is 11.1 Å². The van der Waals surface area contributed by atoms with Crippen molar-refractivity contribution in [1.82, 2.24) is 9.97 Å². The van der Waals surface area contributed by atoms with Gasteiger partial charge in [-0.15, -0.1) is 0 Å². The second-order valence-corrected chi connectivity index (χ2v) is 4.91. The van der Waals surface area contributed by atoms with Gasteiger partial charge in [0.25, 0.3) is 11.6 Å². The number of hydrogen-bond acceptors (Lipinski definition) is 6. The molecule has 8 heteroatoms. The fourth-order valence-electron chi connectivity index (χ4n) is 2.28. The quantitative estimate of drug-likeness (QED) is 0.587. The van der Waals surface area contributed by atoms with E-state index >= 15 is 0 Å². The van der Waals surface area contributed by atoms with E-state index in [1.165, 1.54) is 24.5 Å². The average Bonchev–Trinajstić information content (AvgIpc) is 2.83. The highest BCUT2D eigenvalue weighted by Gasteiger charge is 2.21. The number of aromatic nitrogens is 2. The molecule has 0 spiro atoms. The third-order valence-corrected chi connectivity index (χ3v) is 3.54. The predicted molar refractivity (Wildman–Crippen MR) is 82.3 cm³/mol. The minimum absolute atomic E-state index is 0.0397. The molecule has 1 aromatic carbocycles. The summed E-state index contributed by atoms with van der Waals surface area (Å²) in [6, 6.07) is 5.73. The topological polar surface area (TPSA) is 111 Å². The number of para-hydroxylation sites is 1. The maximum atomic E-state index is 12.4. The zero-order valence-corrected chi connectivity index (χ0v) is 12.4. The molecule has 3 aromatic rings. The van der Waals surface area contributed by atoms with Gasteiger partial charge in [-0.3, -0.25) is 14.9 Å². The molecule has 0 unspecified atom stereocenters. The van der Waals surface area contributed by atoms with Gasteiger partial charge in [-0.1, -0.05) is 12.1 Å². The van der Waals surface area contributed by atoms with Gasteiger partial charge < -0.3 is 9.73 Å². The molecule has 0 radical (unpaired) electrons. The molecule has 3 rings (SSSR count). The first-order valence-electron chi connectivity index (χ1n) is 6.74. The smallest absolute Gasteiger partial charge is 0.282 e. The Bertz CT molecular complexity index is 932. The van der Waals surface area contributed by atoms with Crippen molar-refractivity contribution in [2.45, 2.75) is 13.8 Å². The Morgan fingerprint density at radius 3 is 2.74 bits per heavy atom. The molecule has 0 aliphatic carbocycles. The van der Waals surface area contributed by atoms with Crippen molar-refractivity contribution in [2.75, 3.05) is 5.32 Å². The van der Waals surface area contributed by atoms with E-state index in [2.05, 4.69) is 15.3 Å². The lowest BCUT2D eigenvalue weighted by atomic mass is 10.1. The standard InChI is InChI=1S/C15H12N4O4/c1-8-9(2)23-15-12(8)13(16-7-17-15)18-14(20)10-5-3-4-6-11(10)19(21)22/h3-7H,1-2H3,(H,16,17,18,20). The first-order valence-corrected chi connectivity index (χ1v) is 6.74. The zero-order chi connectivity index (χ0) is 16.6. The molecule has 0 aliphatic rings. The number of carbonyl (C=O) groups excluding carboxylic acids is 1. The van der Waals surface area contributed by atoms with Crippen molar-refractivity contribution in [3.63, 3.8) is 0 Å². The van der Waals surface area contributed by atoms with Crippen LogP contribution in [0.4, 0.5) is 11.5 Å². The van der Waals surface area contributed by atoms with Crippen molar-refractivity contribution in [3.05, 3.63) is 57.6 Å². The number of anilines is 1. The van der Waals surface area contributed by atoms with Gasteiger partial charge in [0.1, 0.15) is 23.5 Å². The molecule has 0 atom stereocenters. The van der Waals surface area contributed by atoms with Crippen molar-refractivity contribution in [2.24, 2.45) is 0 Å². The van der Waals surface area contributed by atoms with Crippen LogP contribution in [-0.2, 0) is 0 Å². The summed E-state index contributed by atoms with van der Waals surface area (Å²) < 4.78 is 5.48. The maximum Gasteiger partial charge on any atom is 0.282 e. The number of nitro groups is 1. The van der Waals surface area contributed by atoms with Crippen LogP contribution >= 0.6 is 0 Å². The number of benzene rings is 1. The summed E-state index contributed by atoms with van der Waals surface area (Å²) in [5.74, 6) is 0.310. The van der Waals surface area contributed by atoms with E-state index in [4.69, 9.17) is 4.42 Å². The van der Waals surface area contributed by atoms with Gasteiger partial charge in [-0.2, -0.15) is 0 Å². The number of rotatable bonds is 3. The van der Waals surface area contributed by atoms with Crippen molar-refractivity contribution in [1.29, 1.82) is 0 Å². The largest absolute Gasteiger partial charge is 0.443 e. The highest BCUT2D eigenvalue weighted by Crippen LogP contribution is 2.28. The second kappa shape index (κ2) is 5.48. The second-order valence-electron chi connectivity index (χ2n) is 4.91. The van der Waals surface area contributed by atoms with E-state index in [0.717, 1.165) is 5.56 Å². The highest BCUT2D eigenvalue weighted by molar-refractivity contribution is 6.09. The SMILES string of the molecule is Cc1oc2ncnc(NC(=O)c3ccccc3[N+](=O)[O-])c2c1C. The van der Waals surface area contributed by atoms with Crippen LogP contribution in [0, 0.1) is 24.0 Å². The van der Waals surface area contributed by atoms with Gasteiger partial charge in [0, 0.05) is 11.6 Å². The minimum atomic E-state index is -0.615. The van der Waals surface area contributed by atoms with Gasteiger partial charge in [-0.05, 0) is 19.9 Å². The summed E-state index contributed by atoms with van der Waals surface area (Å²) in [6.07, 6.45) is 1.26. The van der Waals surface area contributed by atoms with Crippen LogP contribution in [0.3, 0.4) is 0 Å². The van der Waals surface area contributed by atoms with Crippen LogP contribution in [0.1, 0.15) is 21.7 Å². The molecule has 0 bridgehead atoms. The molecule has 0 saturated carbocycles. The summed E-state index contributed by atoms with van der Waals surface area (Å²) in [4.78, 5) is 30.9. The first-order chi connectivity index (χ1) is 11.0. The number of amides is 1. The highest BCUT2D eigenvalue weighted by atomic mass is 16.6. The fraction of sp³-hybridized carbons (Fsp3) is 0.133. The monoisotopic (exact) mass is 312 g/mol. The van der Waals surface area contributed by atoms with Crippen molar-refractivity contribution in [3.8, 4) is 0 Å². The lowest BCUT2D eigenvalue weighted by Crippen LogP contribution is -2.15. The van der Waals surface area contributed by atoms with E-state index in [1.54, 1.807) is 13.0 Å². The Labute approximate surface area is 130 Å². The Kier molecular flexibility index (Phi) is 3.49. The van der Waals surface area contributed by atoms with Gasteiger partial charge in [0.15, 0.2) is 0 Å². The van der Waals surface area contributed by atoms with Crippen molar-refractivity contribution >= 4 is 28.5 Å². The third kappa shape index (κ3) is 2.50. The number of aryl methyl sites for hydroxylation is 2. The summed E-state index contributed by atoms with van der Waals surface area (Å²) >= 11 is 0. The van der Waals surface area contributed by atoms with Crippen LogP contribution in [0.5, 0.6) is 0 Å². The third-order valence-electron chi connectivity index (χ3n) is 3.54. The molecule has 2 aromatic heterocycles. The molecule has 116 valence electrons. The number of hydrogen-bond donors (Lipinski definition) is 1. The van der Waals surface area contributed by atoms with E-state index in [-0.39, 0.29) is 17.1 Å². The summed E-state index contributed by atoms with van der Waals surface area (Å²) in [5.41, 5.74) is 0.851. The average molecular weight is 312 g/mol. The van der Waals surface area contributed by atoms with E-state index in [0.29, 0.717) is 16.9 Å². The molecular formula is C15H12N4O4. The lowest BCUT2D eigenvalue weighted by molar-refractivity contribution is -0.385. The number of fused-ring (bicyclic) bond motifs is 1. The van der Waals surface area contributed by atoms with Gasteiger partial charge in [-0.25, -0.2) is 9.97 Å². The number of nitro benzene ring substituents is 1. The molecule has 0 saturated heterocycles. The Morgan fingerprint density at radius 2 is 2.00 bits per heavy atom. The number of nitrogens with one attached hydrogen (secondary N) is 1. The number of carbonyl (C=O) groups is 1.